The van der Waals surface area contributed by atoms with E-state index in [-0.39, 0.29) is 0 Å². The lowest BCUT2D eigenvalue weighted by molar-refractivity contribution is 1.18. The van der Waals surface area contributed by atoms with E-state index in [4.69, 9.17) is 0 Å². The summed E-state index contributed by atoms with van der Waals surface area (Å²) in [6, 6.07) is 67.5. The van der Waals surface area contributed by atoms with Crippen molar-refractivity contribution >= 4 is 44.0 Å². The predicted molar refractivity (Wildman–Crippen MR) is 204 cm³/mol. The van der Waals surface area contributed by atoms with Crippen LogP contribution in [-0.2, 0) is 0 Å². The van der Waals surface area contributed by atoms with Crippen molar-refractivity contribution in [2.45, 2.75) is 0 Å². The summed E-state index contributed by atoms with van der Waals surface area (Å²) in [6.45, 7) is 0. The molecule has 8 aromatic carbocycles. The zero-order chi connectivity index (χ0) is 31.9. The molecule has 0 saturated carbocycles. The smallest absolute Gasteiger partial charge is 0.0541 e. The van der Waals surface area contributed by atoms with Crippen LogP contribution in [0.5, 0.6) is 0 Å². The van der Waals surface area contributed by atoms with E-state index in [1.807, 2.05) is 0 Å². The fourth-order valence-electron chi connectivity index (χ4n) is 6.89. The maximum absolute atomic E-state index is 3.58. The third-order valence-corrected chi connectivity index (χ3v) is 9.38. The minimum atomic E-state index is 1.06. The van der Waals surface area contributed by atoms with E-state index in [0.717, 1.165) is 11.4 Å². The first-order valence-electron chi connectivity index (χ1n) is 16.4. The normalized spacial score (nSPS) is 11.3. The number of nitrogens with one attached hydrogen (secondary N) is 1. The average Bonchev–Trinajstić information content (AvgIpc) is 3.49. The molecule has 0 saturated heterocycles. The number of aromatic nitrogens is 1. The summed E-state index contributed by atoms with van der Waals surface area (Å²) < 4.78 is 2.36. The van der Waals surface area contributed by atoms with E-state index in [0.29, 0.717) is 0 Å². The Hall–Kier alpha value is -6.38. The van der Waals surface area contributed by atoms with Crippen LogP contribution in [0.3, 0.4) is 0 Å². The molecule has 0 atom stereocenters. The van der Waals surface area contributed by atoms with Gasteiger partial charge in [0, 0.05) is 27.8 Å². The van der Waals surface area contributed by atoms with Gasteiger partial charge in [-0.1, -0.05) is 127 Å². The maximum Gasteiger partial charge on any atom is 0.0541 e. The highest BCUT2D eigenvalue weighted by Gasteiger charge is 2.13. The van der Waals surface area contributed by atoms with Crippen LogP contribution in [0.25, 0.3) is 71.6 Å². The van der Waals surface area contributed by atoms with Crippen molar-refractivity contribution in [1.82, 2.24) is 4.57 Å². The van der Waals surface area contributed by atoms with Gasteiger partial charge in [-0.05, 0) is 105 Å². The summed E-state index contributed by atoms with van der Waals surface area (Å²) in [5, 5.41) is 8.64. The minimum absolute atomic E-state index is 1.06. The van der Waals surface area contributed by atoms with Gasteiger partial charge in [-0.15, -0.1) is 0 Å². The lowest BCUT2D eigenvalue weighted by Crippen LogP contribution is -1.93. The van der Waals surface area contributed by atoms with Crippen LogP contribution in [0.4, 0.5) is 11.4 Å². The number of nitrogens with zero attached hydrogens (tertiary/aromatic N) is 1. The Balaban J connectivity index is 0.925. The molecule has 9 rings (SSSR count). The number of anilines is 2. The lowest BCUT2D eigenvalue weighted by atomic mass is 9.98. The first-order valence-corrected chi connectivity index (χ1v) is 16.4. The SMILES string of the molecule is c1ccc(-n2c3ccccc3c3cc(-c4ccc(Nc5ccc(-c6ccc(-c7ccc8ccccc8c7)cc6)cc5)cc4)ccc32)cc1. The third kappa shape index (κ3) is 5.10. The van der Waals surface area contributed by atoms with E-state index in [2.05, 4.69) is 198 Å². The van der Waals surface area contributed by atoms with E-state index < -0.39 is 0 Å². The summed E-state index contributed by atoms with van der Waals surface area (Å²) in [6.07, 6.45) is 0. The summed E-state index contributed by atoms with van der Waals surface area (Å²) >= 11 is 0. The van der Waals surface area contributed by atoms with Crippen molar-refractivity contribution in [3.8, 4) is 39.1 Å². The van der Waals surface area contributed by atoms with Crippen molar-refractivity contribution in [1.29, 1.82) is 0 Å². The summed E-state index contributed by atoms with van der Waals surface area (Å²) in [5.41, 5.74) is 13.0. The molecule has 48 heavy (non-hydrogen) atoms. The van der Waals surface area contributed by atoms with Crippen molar-refractivity contribution in [3.05, 3.63) is 188 Å². The van der Waals surface area contributed by atoms with Crippen LogP contribution >= 0.6 is 0 Å². The molecular formula is C46H32N2. The summed E-state index contributed by atoms with van der Waals surface area (Å²) in [5.74, 6) is 0. The fourth-order valence-corrected chi connectivity index (χ4v) is 6.89. The molecule has 2 heteroatoms. The molecular weight excluding hydrogens is 581 g/mol. The molecule has 0 unspecified atom stereocenters. The third-order valence-electron chi connectivity index (χ3n) is 9.38. The quantitative estimate of drug-likeness (QED) is 0.198. The molecule has 0 aliphatic heterocycles. The molecule has 0 fully saturated rings. The van der Waals surface area contributed by atoms with Gasteiger partial charge in [0.05, 0.1) is 11.0 Å². The first kappa shape index (κ1) is 27.9. The van der Waals surface area contributed by atoms with Crippen LogP contribution in [0, 0.1) is 0 Å². The summed E-state index contributed by atoms with van der Waals surface area (Å²) in [4.78, 5) is 0. The van der Waals surface area contributed by atoms with Crippen LogP contribution in [-0.4, -0.2) is 4.57 Å². The molecule has 0 spiro atoms. The van der Waals surface area contributed by atoms with Gasteiger partial charge in [0.1, 0.15) is 0 Å². The number of benzene rings is 8. The maximum atomic E-state index is 3.58. The van der Waals surface area contributed by atoms with Crippen molar-refractivity contribution in [3.63, 3.8) is 0 Å². The van der Waals surface area contributed by atoms with Crippen LogP contribution in [0.2, 0.25) is 0 Å². The first-order chi connectivity index (χ1) is 23.8. The lowest BCUT2D eigenvalue weighted by Gasteiger charge is -2.10. The molecule has 226 valence electrons. The van der Waals surface area contributed by atoms with Gasteiger partial charge in [-0.2, -0.15) is 0 Å². The standard InChI is InChI=1S/C46H32N2/c1-2-10-42(11-3-1)48-45-13-7-6-12-43(45)44-31-39(24-29-46(44)48)36-22-27-41(28-23-36)47-40-25-20-34(21-26-40)33-14-16-35(17-15-33)38-19-18-32-8-4-5-9-37(32)30-38/h1-31,47H. The largest absolute Gasteiger partial charge is 0.356 e. The average molecular weight is 613 g/mol. The van der Waals surface area contributed by atoms with E-state index in [9.17, 15) is 0 Å². The number of fused-ring (bicyclic) bond motifs is 4. The van der Waals surface area contributed by atoms with Gasteiger partial charge in [-0.25, -0.2) is 0 Å². The Morgan fingerprint density at radius 3 is 1.48 bits per heavy atom. The monoisotopic (exact) mass is 612 g/mol. The van der Waals surface area contributed by atoms with Gasteiger partial charge in [0.2, 0.25) is 0 Å². The Bertz CT molecular complexity index is 2540. The minimum Gasteiger partial charge on any atom is -0.356 e. The molecule has 0 aliphatic carbocycles. The van der Waals surface area contributed by atoms with Crippen molar-refractivity contribution in [2.24, 2.45) is 0 Å². The van der Waals surface area contributed by atoms with Gasteiger partial charge < -0.3 is 9.88 Å². The molecule has 2 nitrogen and oxygen atoms in total. The Labute approximate surface area is 280 Å². The fraction of sp³-hybridized carbons (Fsp3) is 0. The predicted octanol–water partition coefficient (Wildman–Crippen LogP) is 12.7. The van der Waals surface area contributed by atoms with Crippen LogP contribution in [0.15, 0.2) is 188 Å². The molecule has 1 heterocycles. The highest BCUT2D eigenvalue weighted by molar-refractivity contribution is 6.10. The summed E-state index contributed by atoms with van der Waals surface area (Å²) in [7, 11) is 0. The van der Waals surface area contributed by atoms with E-state index in [1.165, 1.54) is 71.6 Å². The second-order valence-corrected chi connectivity index (χ2v) is 12.3. The number of rotatable bonds is 6. The van der Waals surface area contributed by atoms with E-state index in [1.54, 1.807) is 0 Å². The highest BCUT2D eigenvalue weighted by Crippen LogP contribution is 2.35. The molecule has 1 aromatic heterocycles. The Morgan fingerprint density at radius 2 is 0.792 bits per heavy atom. The molecule has 0 radical (unpaired) electrons. The molecule has 9 aromatic rings. The molecule has 0 aliphatic rings. The zero-order valence-corrected chi connectivity index (χ0v) is 26.3. The van der Waals surface area contributed by atoms with Crippen molar-refractivity contribution in [2.75, 3.05) is 5.32 Å². The number of hydrogen-bond acceptors (Lipinski definition) is 1. The Morgan fingerprint density at radius 1 is 0.312 bits per heavy atom. The second-order valence-electron chi connectivity index (χ2n) is 12.3. The molecule has 0 bridgehead atoms. The van der Waals surface area contributed by atoms with Crippen molar-refractivity contribution < 1.29 is 0 Å². The van der Waals surface area contributed by atoms with Gasteiger partial charge >= 0.3 is 0 Å². The zero-order valence-electron chi connectivity index (χ0n) is 26.3. The van der Waals surface area contributed by atoms with Gasteiger partial charge in [0.25, 0.3) is 0 Å². The highest BCUT2D eigenvalue weighted by atomic mass is 15.0. The van der Waals surface area contributed by atoms with E-state index >= 15 is 0 Å². The van der Waals surface area contributed by atoms with Crippen LogP contribution < -0.4 is 5.32 Å². The second kappa shape index (κ2) is 11.8. The topological polar surface area (TPSA) is 17.0 Å². The Kier molecular flexibility index (Phi) is 6.84. The van der Waals surface area contributed by atoms with Crippen LogP contribution in [0.1, 0.15) is 0 Å². The molecule has 1 N–H and O–H groups in total. The number of hydrogen-bond donors (Lipinski definition) is 1. The number of para-hydroxylation sites is 2. The van der Waals surface area contributed by atoms with Gasteiger partial charge in [0.15, 0.2) is 0 Å². The molecule has 0 amide bonds. The van der Waals surface area contributed by atoms with Gasteiger partial charge in [-0.3, -0.25) is 0 Å².